The van der Waals surface area contributed by atoms with Crippen LogP contribution in [0.1, 0.15) is 24.2 Å². The van der Waals surface area contributed by atoms with Gasteiger partial charge >= 0.3 is 0 Å². The first-order chi connectivity index (χ1) is 6.67. The molecule has 14 heavy (non-hydrogen) atoms. The maximum absolute atomic E-state index is 11.2. The summed E-state index contributed by atoms with van der Waals surface area (Å²) in [5.74, 6) is 0.0845. The lowest BCUT2D eigenvalue weighted by Crippen LogP contribution is -2.01. The zero-order valence-corrected chi connectivity index (χ0v) is 8.85. The van der Waals surface area contributed by atoms with Crippen LogP contribution in [0.4, 0.5) is 11.4 Å². The van der Waals surface area contributed by atoms with E-state index < -0.39 is 0 Å². The second-order valence-electron chi connectivity index (χ2n) is 3.14. The number of nitrogens with one attached hydrogen (secondary N) is 2. The Morgan fingerprint density at radius 1 is 1.29 bits per heavy atom. The van der Waals surface area contributed by atoms with Gasteiger partial charge in [-0.1, -0.05) is 0 Å². The lowest BCUT2D eigenvalue weighted by Gasteiger charge is -2.08. The van der Waals surface area contributed by atoms with Crippen LogP contribution in [0.25, 0.3) is 0 Å². The first-order valence-corrected chi connectivity index (χ1v) is 4.75. The van der Waals surface area contributed by atoms with Crippen molar-refractivity contribution >= 4 is 17.2 Å². The minimum Gasteiger partial charge on any atom is -0.388 e. The second-order valence-corrected chi connectivity index (χ2v) is 3.14. The summed E-state index contributed by atoms with van der Waals surface area (Å²) in [6.07, 6.45) is 0. The normalized spacial score (nSPS) is 9.64. The fourth-order valence-corrected chi connectivity index (χ4v) is 1.28. The highest BCUT2D eigenvalue weighted by atomic mass is 16.1. The molecule has 76 valence electrons. The lowest BCUT2D eigenvalue weighted by atomic mass is 10.1. The predicted molar refractivity (Wildman–Crippen MR) is 60.2 cm³/mol. The van der Waals surface area contributed by atoms with E-state index in [0.717, 1.165) is 23.5 Å². The van der Waals surface area contributed by atoms with Gasteiger partial charge in [-0.15, -0.1) is 0 Å². The van der Waals surface area contributed by atoms with Crippen molar-refractivity contribution in [2.24, 2.45) is 0 Å². The van der Waals surface area contributed by atoms with E-state index in [1.54, 1.807) is 6.92 Å². The number of carbonyl (C=O) groups is 1. The van der Waals surface area contributed by atoms with Crippen molar-refractivity contribution in [2.45, 2.75) is 13.8 Å². The van der Waals surface area contributed by atoms with Crippen molar-refractivity contribution in [3.05, 3.63) is 23.8 Å². The Balaban J connectivity index is 3.06. The zero-order valence-electron chi connectivity index (χ0n) is 8.85. The van der Waals surface area contributed by atoms with Crippen LogP contribution in [0.5, 0.6) is 0 Å². The van der Waals surface area contributed by atoms with Crippen LogP contribution in [0, 0.1) is 0 Å². The van der Waals surface area contributed by atoms with Crippen LogP contribution < -0.4 is 10.6 Å². The van der Waals surface area contributed by atoms with Crippen LogP contribution >= 0.6 is 0 Å². The topological polar surface area (TPSA) is 41.1 Å². The fourth-order valence-electron chi connectivity index (χ4n) is 1.28. The Hall–Kier alpha value is -1.51. The number of Topliss-reactive ketones (excluding diaryl/α,β-unsaturated/α-hetero) is 1. The van der Waals surface area contributed by atoms with Gasteiger partial charge in [-0.05, 0) is 32.0 Å². The summed E-state index contributed by atoms with van der Waals surface area (Å²) < 4.78 is 0. The third-order valence-electron chi connectivity index (χ3n) is 2.01. The SMILES string of the molecule is CCNc1cc(NC)cc(C(C)=O)c1. The van der Waals surface area contributed by atoms with Gasteiger partial charge in [0.15, 0.2) is 5.78 Å². The molecule has 0 spiro atoms. The average molecular weight is 192 g/mol. The summed E-state index contributed by atoms with van der Waals surface area (Å²) in [6.45, 7) is 4.45. The summed E-state index contributed by atoms with van der Waals surface area (Å²) in [5, 5.41) is 6.21. The molecule has 0 saturated carbocycles. The maximum atomic E-state index is 11.2. The molecule has 0 aliphatic heterocycles. The number of ketones is 1. The zero-order chi connectivity index (χ0) is 10.6. The van der Waals surface area contributed by atoms with Crippen molar-refractivity contribution < 1.29 is 4.79 Å². The quantitative estimate of drug-likeness (QED) is 0.719. The maximum Gasteiger partial charge on any atom is 0.159 e. The van der Waals surface area contributed by atoms with Gasteiger partial charge in [-0.3, -0.25) is 4.79 Å². The molecule has 3 heteroatoms. The smallest absolute Gasteiger partial charge is 0.159 e. The Morgan fingerprint density at radius 2 is 1.93 bits per heavy atom. The van der Waals surface area contributed by atoms with E-state index in [4.69, 9.17) is 0 Å². The first kappa shape index (κ1) is 10.6. The predicted octanol–water partition coefficient (Wildman–Crippen LogP) is 2.36. The number of carbonyl (C=O) groups excluding carboxylic acids is 1. The third-order valence-corrected chi connectivity index (χ3v) is 2.01. The van der Waals surface area contributed by atoms with Crippen molar-refractivity contribution in [2.75, 3.05) is 24.2 Å². The summed E-state index contributed by atoms with van der Waals surface area (Å²) in [5.41, 5.74) is 2.66. The molecule has 0 heterocycles. The monoisotopic (exact) mass is 192 g/mol. The van der Waals surface area contributed by atoms with Gasteiger partial charge in [0.25, 0.3) is 0 Å². The van der Waals surface area contributed by atoms with Crippen LogP contribution in [0.2, 0.25) is 0 Å². The van der Waals surface area contributed by atoms with Crippen molar-refractivity contribution in [3.63, 3.8) is 0 Å². The van der Waals surface area contributed by atoms with E-state index in [0.29, 0.717) is 0 Å². The molecule has 3 nitrogen and oxygen atoms in total. The average Bonchev–Trinajstić information content (AvgIpc) is 2.17. The van der Waals surface area contributed by atoms with Crippen LogP contribution in [0.3, 0.4) is 0 Å². The highest BCUT2D eigenvalue weighted by molar-refractivity contribution is 5.96. The van der Waals surface area contributed by atoms with E-state index >= 15 is 0 Å². The molecule has 0 radical (unpaired) electrons. The molecule has 0 aliphatic carbocycles. The van der Waals surface area contributed by atoms with Gasteiger partial charge < -0.3 is 10.6 Å². The Kier molecular flexibility index (Phi) is 3.51. The highest BCUT2D eigenvalue weighted by Gasteiger charge is 2.03. The standard InChI is InChI=1S/C11H16N2O/c1-4-13-11-6-9(8(2)14)5-10(7-11)12-3/h5-7,12-13H,4H2,1-3H3. The minimum absolute atomic E-state index is 0.0845. The molecule has 0 unspecified atom stereocenters. The highest BCUT2D eigenvalue weighted by Crippen LogP contribution is 2.18. The molecule has 1 aromatic carbocycles. The van der Waals surface area contributed by atoms with E-state index in [-0.39, 0.29) is 5.78 Å². The van der Waals surface area contributed by atoms with Crippen LogP contribution in [-0.4, -0.2) is 19.4 Å². The van der Waals surface area contributed by atoms with E-state index in [9.17, 15) is 4.79 Å². The molecule has 0 aromatic heterocycles. The largest absolute Gasteiger partial charge is 0.388 e. The van der Waals surface area contributed by atoms with Gasteiger partial charge in [-0.2, -0.15) is 0 Å². The van der Waals surface area contributed by atoms with Crippen LogP contribution in [-0.2, 0) is 0 Å². The first-order valence-electron chi connectivity index (χ1n) is 4.75. The molecule has 0 atom stereocenters. The number of anilines is 2. The Labute approximate surface area is 84.5 Å². The number of rotatable bonds is 4. The summed E-state index contributed by atoms with van der Waals surface area (Å²) in [7, 11) is 1.84. The lowest BCUT2D eigenvalue weighted by molar-refractivity contribution is 0.101. The van der Waals surface area contributed by atoms with Gasteiger partial charge in [0.1, 0.15) is 0 Å². The third kappa shape index (κ3) is 2.49. The minimum atomic E-state index is 0.0845. The van der Waals surface area contributed by atoms with E-state index in [1.807, 2.05) is 32.2 Å². The van der Waals surface area contributed by atoms with Crippen molar-refractivity contribution in [3.8, 4) is 0 Å². The van der Waals surface area contributed by atoms with E-state index in [2.05, 4.69) is 10.6 Å². The van der Waals surface area contributed by atoms with Crippen molar-refractivity contribution in [1.29, 1.82) is 0 Å². The molecule has 0 aliphatic rings. The molecular formula is C11H16N2O. The van der Waals surface area contributed by atoms with Gasteiger partial charge in [0.2, 0.25) is 0 Å². The van der Waals surface area contributed by atoms with Crippen molar-refractivity contribution in [1.82, 2.24) is 0 Å². The molecule has 0 amide bonds. The number of hydrogen-bond donors (Lipinski definition) is 2. The molecule has 0 bridgehead atoms. The van der Waals surface area contributed by atoms with Gasteiger partial charge in [0, 0.05) is 30.5 Å². The van der Waals surface area contributed by atoms with Gasteiger partial charge in [-0.25, -0.2) is 0 Å². The number of benzene rings is 1. The van der Waals surface area contributed by atoms with Gasteiger partial charge in [0.05, 0.1) is 0 Å². The van der Waals surface area contributed by atoms with E-state index in [1.165, 1.54) is 0 Å². The second kappa shape index (κ2) is 4.65. The summed E-state index contributed by atoms with van der Waals surface area (Å²) in [6, 6.07) is 5.70. The molecule has 0 saturated heterocycles. The van der Waals surface area contributed by atoms with Crippen LogP contribution in [0.15, 0.2) is 18.2 Å². The molecule has 1 rings (SSSR count). The molecule has 2 N–H and O–H groups in total. The fraction of sp³-hybridized carbons (Fsp3) is 0.364. The Morgan fingerprint density at radius 3 is 2.43 bits per heavy atom. The molecule has 1 aromatic rings. The molecular weight excluding hydrogens is 176 g/mol. The number of hydrogen-bond acceptors (Lipinski definition) is 3. The summed E-state index contributed by atoms with van der Waals surface area (Å²) >= 11 is 0. The molecule has 0 fully saturated rings. The summed E-state index contributed by atoms with van der Waals surface area (Å²) in [4.78, 5) is 11.2. The Bertz CT molecular complexity index is 334.